The molecule has 1 fully saturated rings. The molecule has 10 heteroatoms. The van der Waals surface area contributed by atoms with Crippen LogP contribution in [0.25, 0.3) is 0 Å². The van der Waals surface area contributed by atoms with Crippen LogP contribution in [0.4, 0.5) is 0 Å². The van der Waals surface area contributed by atoms with Gasteiger partial charge in [-0.15, -0.1) is 5.10 Å². The van der Waals surface area contributed by atoms with Crippen LogP contribution in [0.5, 0.6) is 0 Å². The highest BCUT2D eigenvalue weighted by Gasteiger charge is 2.33. The fourth-order valence-corrected chi connectivity index (χ4v) is 4.75. The average molecular weight is 443 g/mol. The predicted octanol–water partition coefficient (Wildman–Crippen LogP) is 2.33. The number of nitrogens with one attached hydrogen (secondary N) is 1. The number of halogens is 1. The van der Waals surface area contributed by atoms with E-state index in [2.05, 4.69) is 28.9 Å². The second-order valence-electron chi connectivity index (χ2n) is 7.59. The van der Waals surface area contributed by atoms with Gasteiger partial charge in [0.05, 0.1) is 35.4 Å². The molecule has 0 radical (unpaired) electrons. The van der Waals surface area contributed by atoms with Gasteiger partial charge in [0.25, 0.3) is 0 Å². The van der Waals surface area contributed by atoms with Crippen molar-refractivity contribution in [3.8, 4) is 0 Å². The van der Waals surface area contributed by atoms with E-state index >= 15 is 0 Å². The normalized spacial score (nSPS) is 22.9. The fourth-order valence-electron chi connectivity index (χ4n) is 3.32. The molecular formula is C19H27ClN4O4S. The van der Waals surface area contributed by atoms with Crippen LogP contribution in [0.1, 0.15) is 44.7 Å². The molecule has 2 N–H and O–H groups in total. The number of hydrogen-bond acceptors (Lipinski definition) is 6. The Labute approximate surface area is 176 Å². The van der Waals surface area contributed by atoms with Crippen LogP contribution in [0, 0.1) is 0 Å². The van der Waals surface area contributed by atoms with Crippen LogP contribution in [-0.2, 0) is 21.3 Å². The first-order valence-electron chi connectivity index (χ1n) is 9.72. The molecule has 0 unspecified atom stereocenters. The van der Waals surface area contributed by atoms with Gasteiger partial charge in [-0.25, -0.2) is 13.1 Å². The highest BCUT2D eigenvalue weighted by Crippen LogP contribution is 2.24. The maximum atomic E-state index is 12.6. The van der Waals surface area contributed by atoms with Crippen molar-refractivity contribution in [2.24, 2.45) is 0 Å². The fraction of sp³-hybridized carbons (Fsp3) is 0.579. The standard InChI is InChI=1S/C19H27ClN4O4S/c1-13(2)18-11-24(23-21-18)10-9-15-5-8-17(19(12-25)28-15)22-29(26,27)16-6-3-14(20)4-7-16/h3-4,6-7,11,13,15,17,19,22,25H,5,8-10,12H2,1-2H3/t15-,17-,19-/m0/s1. The van der Waals surface area contributed by atoms with E-state index in [1.54, 1.807) is 4.68 Å². The van der Waals surface area contributed by atoms with Gasteiger partial charge in [0, 0.05) is 17.8 Å². The van der Waals surface area contributed by atoms with Crippen LogP contribution >= 0.6 is 11.6 Å². The average Bonchev–Trinajstić information content (AvgIpc) is 3.17. The first-order chi connectivity index (χ1) is 13.8. The van der Waals surface area contributed by atoms with Crippen molar-refractivity contribution >= 4 is 21.6 Å². The van der Waals surface area contributed by atoms with Gasteiger partial charge in [0.1, 0.15) is 0 Å². The zero-order valence-electron chi connectivity index (χ0n) is 16.5. The molecule has 0 aliphatic carbocycles. The van der Waals surface area contributed by atoms with Crippen molar-refractivity contribution in [2.75, 3.05) is 6.61 Å². The topological polar surface area (TPSA) is 106 Å². The van der Waals surface area contributed by atoms with E-state index in [-0.39, 0.29) is 17.6 Å². The van der Waals surface area contributed by atoms with Crippen LogP contribution in [0.15, 0.2) is 35.4 Å². The molecule has 1 aromatic heterocycles. The maximum Gasteiger partial charge on any atom is 0.240 e. The lowest BCUT2D eigenvalue weighted by atomic mass is 9.98. The summed E-state index contributed by atoms with van der Waals surface area (Å²) in [5, 5.41) is 18.5. The molecule has 0 spiro atoms. The first kappa shape index (κ1) is 22.2. The molecule has 0 bridgehead atoms. The molecule has 1 aromatic carbocycles. The summed E-state index contributed by atoms with van der Waals surface area (Å²) in [6.07, 6.45) is 3.24. The van der Waals surface area contributed by atoms with Crippen molar-refractivity contribution in [3.63, 3.8) is 0 Å². The SMILES string of the molecule is CC(C)c1cn(CC[C@@H]2CC[C@H](NS(=O)(=O)c3ccc(Cl)cc3)[C@H](CO)O2)nn1. The Morgan fingerprint density at radius 2 is 2.03 bits per heavy atom. The molecule has 160 valence electrons. The Morgan fingerprint density at radius 3 is 2.66 bits per heavy atom. The summed E-state index contributed by atoms with van der Waals surface area (Å²) >= 11 is 5.83. The van der Waals surface area contributed by atoms with Crippen molar-refractivity contribution in [3.05, 3.63) is 41.2 Å². The Balaban J connectivity index is 1.56. The quantitative estimate of drug-likeness (QED) is 0.649. The van der Waals surface area contributed by atoms with Crippen LogP contribution < -0.4 is 4.72 Å². The highest BCUT2D eigenvalue weighted by molar-refractivity contribution is 7.89. The zero-order valence-corrected chi connectivity index (χ0v) is 18.1. The third-order valence-electron chi connectivity index (χ3n) is 5.05. The Morgan fingerprint density at radius 1 is 1.31 bits per heavy atom. The molecule has 8 nitrogen and oxygen atoms in total. The highest BCUT2D eigenvalue weighted by atomic mass is 35.5. The molecule has 3 atom stereocenters. The van der Waals surface area contributed by atoms with Gasteiger partial charge in [-0.05, 0) is 49.4 Å². The van der Waals surface area contributed by atoms with Gasteiger partial charge < -0.3 is 9.84 Å². The number of nitrogens with zero attached hydrogens (tertiary/aromatic N) is 3. The van der Waals surface area contributed by atoms with E-state index in [9.17, 15) is 13.5 Å². The Hall–Kier alpha value is -1.52. The summed E-state index contributed by atoms with van der Waals surface area (Å²) in [6.45, 7) is 4.53. The van der Waals surface area contributed by atoms with Gasteiger partial charge in [-0.3, -0.25) is 4.68 Å². The van der Waals surface area contributed by atoms with Gasteiger partial charge >= 0.3 is 0 Å². The molecule has 1 saturated heterocycles. The van der Waals surface area contributed by atoms with Crippen molar-refractivity contribution < 1.29 is 18.3 Å². The molecule has 29 heavy (non-hydrogen) atoms. The first-order valence-corrected chi connectivity index (χ1v) is 11.6. The zero-order chi connectivity index (χ0) is 21.0. The maximum absolute atomic E-state index is 12.6. The molecular weight excluding hydrogens is 416 g/mol. The van der Waals surface area contributed by atoms with E-state index in [0.717, 1.165) is 5.69 Å². The van der Waals surface area contributed by atoms with Crippen LogP contribution in [0.2, 0.25) is 5.02 Å². The molecule has 0 saturated carbocycles. The number of aliphatic hydroxyl groups is 1. The number of aromatic nitrogens is 3. The summed E-state index contributed by atoms with van der Waals surface area (Å²) < 4.78 is 35.6. The number of benzene rings is 1. The lowest BCUT2D eigenvalue weighted by Crippen LogP contribution is -2.50. The summed E-state index contributed by atoms with van der Waals surface area (Å²) in [4.78, 5) is 0.132. The van der Waals surface area contributed by atoms with Gasteiger partial charge in [-0.1, -0.05) is 30.7 Å². The van der Waals surface area contributed by atoms with Crippen molar-refractivity contribution in [1.82, 2.24) is 19.7 Å². The van der Waals surface area contributed by atoms with Crippen molar-refractivity contribution in [2.45, 2.75) is 68.7 Å². The number of hydrogen-bond donors (Lipinski definition) is 2. The molecule has 1 aliphatic heterocycles. The smallest absolute Gasteiger partial charge is 0.240 e. The lowest BCUT2D eigenvalue weighted by molar-refractivity contribution is -0.0891. The van der Waals surface area contributed by atoms with Crippen LogP contribution in [-0.4, -0.2) is 53.4 Å². The minimum absolute atomic E-state index is 0.0739. The second kappa shape index (κ2) is 9.53. The number of sulfonamides is 1. The van der Waals surface area contributed by atoms with Gasteiger partial charge in [0.2, 0.25) is 10.0 Å². The number of rotatable bonds is 8. The second-order valence-corrected chi connectivity index (χ2v) is 9.74. The monoisotopic (exact) mass is 442 g/mol. The Kier molecular flexibility index (Phi) is 7.28. The van der Waals surface area contributed by atoms with Crippen LogP contribution in [0.3, 0.4) is 0 Å². The molecule has 3 rings (SSSR count). The van der Waals surface area contributed by atoms with E-state index in [4.69, 9.17) is 16.3 Å². The molecule has 2 aromatic rings. The minimum Gasteiger partial charge on any atom is -0.394 e. The third-order valence-corrected chi connectivity index (χ3v) is 6.81. The number of aliphatic hydroxyl groups excluding tert-OH is 1. The minimum atomic E-state index is -3.72. The number of ether oxygens (including phenoxy) is 1. The Bertz CT molecular complexity index is 901. The summed E-state index contributed by atoms with van der Waals surface area (Å²) in [7, 11) is -3.72. The van der Waals surface area contributed by atoms with E-state index in [0.29, 0.717) is 36.7 Å². The lowest BCUT2D eigenvalue weighted by Gasteiger charge is -2.36. The van der Waals surface area contributed by atoms with E-state index in [1.807, 2.05) is 6.20 Å². The largest absolute Gasteiger partial charge is 0.394 e. The molecule has 0 amide bonds. The summed E-state index contributed by atoms with van der Waals surface area (Å²) in [5.74, 6) is 0.322. The van der Waals surface area contributed by atoms with Gasteiger partial charge in [0.15, 0.2) is 0 Å². The van der Waals surface area contributed by atoms with E-state index in [1.165, 1.54) is 24.3 Å². The summed E-state index contributed by atoms with van der Waals surface area (Å²) in [5.41, 5.74) is 0.944. The van der Waals surface area contributed by atoms with E-state index < -0.39 is 22.2 Å². The van der Waals surface area contributed by atoms with Gasteiger partial charge in [-0.2, -0.15) is 0 Å². The number of aryl methyl sites for hydroxylation is 1. The van der Waals surface area contributed by atoms with Crippen molar-refractivity contribution in [1.29, 1.82) is 0 Å². The summed E-state index contributed by atoms with van der Waals surface area (Å²) in [6, 6.07) is 5.48. The predicted molar refractivity (Wildman–Crippen MR) is 109 cm³/mol. The third kappa shape index (κ3) is 5.76. The molecule has 2 heterocycles. The molecule has 1 aliphatic rings.